The van der Waals surface area contributed by atoms with Gasteiger partial charge in [0.2, 0.25) is 0 Å². The Hall–Kier alpha value is -2.29. The summed E-state index contributed by atoms with van der Waals surface area (Å²) in [6, 6.07) is 6.28. The maximum Gasteiger partial charge on any atom is 0.335 e. The van der Waals surface area contributed by atoms with Gasteiger partial charge in [0.05, 0.1) is 24.2 Å². The van der Waals surface area contributed by atoms with Crippen molar-refractivity contribution in [2.24, 2.45) is 0 Å². The van der Waals surface area contributed by atoms with E-state index in [2.05, 4.69) is 20.2 Å². The van der Waals surface area contributed by atoms with E-state index in [0.29, 0.717) is 12.1 Å². The van der Waals surface area contributed by atoms with Crippen molar-refractivity contribution in [3.63, 3.8) is 0 Å². The Labute approximate surface area is 172 Å². The number of hydrogen-bond donors (Lipinski definition) is 2. The van der Waals surface area contributed by atoms with E-state index in [1.54, 1.807) is 29.8 Å². The fraction of sp³-hybridized carbons (Fsp3) is 0.476. The van der Waals surface area contributed by atoms with Gasteiger partial charge in [-0.15, -0.1) is 11.3 Å². The van der Waals surface area contributed by atoms with Crippen LogP contribution in [0.4, 0.5) is 5.82 Å². The number of nitrogens with one attached hydrogen (secondary N) is 1. The number of carboxylic acids is 1. The van der Waals surface area contributed by atoms with Crippen LogP contribution in [0.15, 0.2) is 24.5 Å². The van der Waals surface area contributed by atoms with E-state index < -0.39 is 5.97 Å². The molecule has 7 nitrogen and oxygen atoms in total. The lowest BCUT2D eigenvalue weighted by Crippen LogP contribution is -2.46. The molecule has 2 aromatic heterocycles. The molecule has 2 aliphatic rings. The third-order valence-corrected chi connectivity index (χ3v) is 7.19. The lowest BCUT2D eigenvalue weighted by Gasteiger charge is -2.39. The first-order valence-electron chi connectivity index (χ1n) is 10.2. The molecule has 0 bridgehead atoms. The molecule has 152 valence electrons. The number of anilines is 1. The molecular weight excluding hydrogens is 388 g/mol. The van der Waals surface area contributed by atoms with Crippen LogP contribution in [-0.2, 0) is 4.74 Å². The number of morpholine rings is 1. The number of aromatic carboxylic acids is 1. The summed E-state index contributed by atoms with van der Waals surface area (Å²) in [6.45, 7) is 3.78. The first kappa shape index (κ1) is 18.7. The van der Waals surface area contributed by atoms with Crippen LogP contribution in [0.3, 0.4) is 0 Å². The molecule has 8 heteroatoms. The average molecular weight is 413 g/mol. The summed E-state index contributed by atoms with van der Waals surface area (Å²) in [5, 5.41) is 14.8. The minimum atomic E-state index is -0.918. The monoisotopic (exact) mass is 412 g/mol. The number of rotatable bonds is 4. The number of ether oxygens (including phenoxy) is 1. The Kier molecular flexibility index (Phi) is 5.07. The Bertz CT molecular complexity index is 1040. The smallest absolute Gasteiger partial charge is 0.335 e. The normalized spacial score (nSPS) is 23.4. The Morgan fingerprint density at radius 1 is 1.17 bits per heavy atom. The second-order valence-corrected chi connectivity index (χ2v) is 8.85. The summed E-state index contributed by atoms with van der Waals surface area (Å²) in [6.07, 6.45) is 6.17. The molecule has 2 fully saturated rings. The lowest BCUT2D eigenvalue weighted by molar-refractivity contribution is 0.00791. The second kappa shape index (κ2) is 7.85. The molecule has 5 rings (SSSR count). The summed E-state index contributed by atoms with van der Waals surface area (Å²) in [5.41, 5.74) is 0.290. The molecule has 1 aliphatic heterocycles. The van der Waals surface area contributed by atoms with Crippen LogP contribution in [0.2, 0.25) is 0 Å². The molecule has 0 amide bonds. The van der Waals surface area contributed by atoms with Gasteiger partial charge in [0.1, 0.15) is 17.0 Å². The quantitative estimate of drug-likeness (QED) is 0.677. The third kappa shape index (κ3) is 3.68. The standard InChI is InChI=1S/C21H24N4O3S/c26-21(27)13-1-6-17-16(11-13)18-19(22-12-23-20(18)29-17)24-14-2-4-15(5-3-14)25-7-9-28-10-8-25/h1,6,11-12,14-15H,2-5,7-10H2,(H,26,27)(H,22,23,24)/t14-,15-. The van der Waals surface area contributed by atoms with Crippen LogP contribution < -0.4 is 5.32 Å². The van der Waals surface area contributed by atoms with Crippen LogP contribution in [0, 0.1) is 0 Å². The van der Waals surface area contributed by atoms with Crippen molar-refractivity contribution in [2.75, 3.05) is 31.6 Å². The molecule has 2 N–H and O–H groups in total. The van der Waals surface area contributed by atoms with E-state index >= 15 is 0 Å². The Morgan fingerprint density at radius 3 is 2.72 bits per heavy atom. The van der Waals surface area contributed by atoms with Crippen molar-refractivity contribution in [2.45, 2.75) is 37.8 Å². The number of benzene rings is 1. The number of hydrogen-bond acceptors (Lipinski definition) is 7. The predicted molar refractivity (Wildman–Crippen MR) is 114 cm³/mol. The summed E-state index contributed by atoms with van der Waals surface area (Å²) >= 11 is 1.57. The number of fused-ring (bicyclic) bond motifs is 3. The zero-order chi connectivity index (χ0) is 19.8. The molecule has 1 aliphatic carbocycles. The zero-order valence-corrected chi connectivity index (χ0v) is 17.0. The molecule has 3 aromatic rings. The van der Waals surface area contributed by atoms with Crippen molar-refractivity contribution in [1.29, 1.82) is 0 Å². The van der Waals surface area contributed by atoms with Gasteiger partial charge in [-0.25, -0.2) is 14.8 Å². The average Bonchev–Trinajstić information content (AvgIpc) is 3.13. The highest BCUT2D eigenvalue weighted by molar-refractivity contribution is 7.25. The lowest BCUT2D eigenvalue weighted by atomic mass is 9.90. The van der Waals surface area contributed by atoms with Crippen LogP contribution in [0.1, 0.15) is 36.0 Å². The van der Waals surface area contributed by atoms with E-state index in [1.807, 2.05) is 6.07 Å². The van der Waals surface area contributed by atoms with Crippen LogP contribution in [0.5, 0.6) is 0 Å². The van der Waals surface area contributed by atoms with Gasteiger partial charge < -0.3 is 15.2 Å². The maximum absolute atomic E-state index is 11.4. The second-order valence-electron chi connectivity index (χ2n) is 7.82. The molecular formula is C21H24N4O3S. The summed E-state index contributed by atoms with van der Waals surface area (Å²) in [5.74, 6) is -0.0994. The van der Waals surface area contributed by atoms with Crippen LogP contribution in [-0.4, -0.2) is 64.3 Å². The molecule has 0 unspecified atom stereocenters. The van der Waals surface area contributed by atoms with Gasteiger partial charge >= 0.3 is 5.97 Å². The van der Waals surface area contributed by atoms with Crippen molar-refractivity contribution in [3.05, 3.63) is 30.1 Å². The van der Waals surface area contributed by atoms with Gasteiger partial charge in [0.15, 0.2) is 0 Å². The topological polar surface area (TPSA) is 87.6 Å². The highest BCUT2D eigenvalue weighted by atomic mass is 32.1. The molecule has 0 spiro atoms. The van der Waals surface area contributed by atoms with Crippen LogP contribution in [0.25, 0.3) is 20.3 Å². The molecule has 1 saturated carbocycles. The molecule has 3 heterocycles. The van der Waals surface area contributed by atoms with Gasteiger partial charge in [-0.1, -0.05) is 0 Å². The molecule has 1 aromatic carbocycles. The Balaban J connectivity index is 1.37. The summed E-state index contributed by atoms with van der Waals surface area (Å²) in [4.78, 5) is 23.8. The van der Waals surface area contributed by atoms with E-state index in [0.717, 1.165) is 65.3 Å². The van der Waals surface area contributed by atoms with Gasteiger partial charge in [-0.05, 0) is 43.9 Å². The highest BCUT2D eigenvalue weighted by Crippen LogP contribution is 2.37. The van der Waals surface area contributed by atoms with Gasteiger partial charge in [-0.3, -0.25) is 4.90 Å². The van der Waals surface area contributed by atoms with Gasteiger partial charge in [-0.2, -0.15) is 0 Å². The van der Waals surface area contributed by atoms with Crippen molar-refractivity contribution >= 4 is 43.4 Å². The number of thiophene rings is 1. The fourth-order valence-electron chi connectivity index (χ4n) is 4.57. The molecule has 0 atom stereocenters. The molecule has 0 radical (unpaired) electrons. The predicted octanol–water partition coefficient (Wildman–Crippen LogP) is 3.60. The van der Waals surface area contributed by atoms with E-state index in [-0.39, 0.29) is 5.56 Å². The van der Waals surface area contributed by atoms with Crippen molar-refractivity contribution in [3.8, 4) is 0 Å². The van der Waals surface area contributed by atoms with E-state index in [4.69, 9.17) is 4.74 Å². The summed E-state index contributed by atoms with van der Waals surface area (Å²) < 4.78 is 6.51. The van der Waals surface area contributed by atoms with Crippen molar-refractivity contribution in [1.82, 2.24) is 14.9 Å². The molecule has 1 saturated heterocycles. The molecule has 29 heavy (non-hydrogen) atoms. The minimum absolute atomic E-state index is 0.290. The number of carbonyl (C=O) groups is 1. The minimum Gasteiger partial charge on any atom is -0.478 e. The zero-order valence-electron chi connectivity index (χ0n) is 16.1. The summed E-state index contributed by atoms with van der Waals surface area (Å²) in [7, 11) is 0. The van der Waals surface area contributed by atoms with Crippen molar-refractivity contribution < 1.29 is 14.6 Å². The first-order chi connectivity index (χ1) is 14.2. The fourth-order valence-corrected chi connectivity index (χ4v) is 5.60. The van der Waals surface area contributed by atoms with Gasteiger partial charge in [0, 0.05) is 35.3 Å². The number of aromatic nitrogens is 2. The van der Waals surface area contributed by atoms with E-state index in [1.165, 1.54) is 12.8 Å². The SMILES string of the molecule is O=C(O)c1ccc2sc3ncnc(N[C@H]4CC[C@H](N5CCOCC5)CC4)c3c2c1. The van der Waals surface area contributed by atoms with Crippen LogP contribution >= 0.6 is 11.3 Å². The number of nitrogens with zero attached hydrogens (tertiary/aromatic N) is 3. The van der Waals surface area contributed by atoms with E-state index in [9.17, 15) is 9.90 Å². The number of carboxylic acid groups (broad SMARTS) is 1. The first-order valence-corrected chi connectivity index (χ1v) is 11.0. The third-order valence-electron chi connectivity index (χ3n) is 6.11. The Morgan fingerprint density at radius 2 is 1.97 bits per heavy atom. The maximum atomic E-state index is 11.4. The highest BCUT2D eigenvalue weighted by Gasteiger charge is 2.27. The van der Waals surface area contributed by atoms with Gasteiger partial charge in [0.25, 0.3) is 0 Å². The largest absolute Gasteiger partial charge is 0.478 e.